The van der Waals surface area contributed by atoms with Crippen LogP contribution in [0.15, 0.2) is 54.6 Å². The Labute approximate surface area is 145 Å². The fourth-order valence-corrected chi connectivity index (χ4v) is 3.12. The zero-order chi connectivity index (χ0) is 17.6. The lowest BCUT2D eigenvalue weighted by molar-refractivity contribution is 0.0188. The summed E-state index contributed by atoms with van der Waals surface area (Å²) in [4.78, 5) is 12.7. The van der Waals surface area contributed by atoms with E-state index in [2.05, 4.69) is 5.10 Å². The summed E-state index contributed by atoms with van der Waals surface area (Å²) in [5.41, 5.74) is 3.56. The molecule has 1 aromatic heterocycles. The molecule has 5 heteroatoms. The van der Waals surface area contributed by atoms with E-state index in [0.29, 0.717) is 17.1 Å². The number of nitrogens with zero attached hydrogens (tertiary/aromatic N) is 2. The van der Waals surface area contributed by atoms with Crippen molar-refractivity contribution < 1.29 is 14.6 Å². The molecule has 1 aliphatic rings. The summed E-state index contributed by atoms with van der Waals surface area (Å²) < 4.78 is 7.70. The van der Waals surface area contributed by atoms with Gasteiger partial charge in [-0.05, 0) is 31.5 Å². The van der Waals surface area contributed by atoms with Crippen LogP contribution in [-0.2, 0) is 0 Å². The standard InChI is InChI=1S/C20H18N2O3/c1-12-8-10-14(11-9-12)19-18(24)17(23)16-13(2)21-22(20(16)25-19)15-6-4-3-5-7-15/h3-11,18-19,24H,1-2H3/t18-,19+/m1/s1. The minimum absolute atomic E-state index is 0.347. The van der Waals surface area contributed by atoms with Gasteiger partial charge in [-0.2, -0.15) is 5.10 Å². The van der Waals surface area contributed by atoms with Crippen molar-refractivity contribution in [3.63, 3.8) is 0 Å². The first-order valence-electron chi connectivity index (χ1n) is 8.17. The maximum absolute atomic E-state index is 12.7. The second-order valence-corrected chi connectivity index (χ2v) is 6.27. The summed E-state index contributed by atoms with van der Waals surface area (Å²) in [6.07, 6.45) is -2.00. The van der Waals surface area contributed by atoms with E-state index in [9.17, 15) is 9.90 Å². The van der Waals surface area contributed by atoms with E-state index in [1.807, 2.05) is 61.5 Å². The van der Waals surface area contributed by atoms with Crippen LogP contribution in [0.25, 0.3) is 5.69 Å². The number of aliphatic hydroxyl groups is 1. The number of benzene rings is 2. The Kier molecular flexibility index (Phi) is 3.66. The first-order valence-corrected chi connectivity index (χ1v) is 8.17. The minimum atomic E-state index is -1.25. The number of rotatable bonds is 2. The number of ketones is 1. The summed E-state index contributed by atoms with van der Waals surface area (Å²) in [6.45, 7) is 3.73. The molecule has 0 bridgehead atoms. The molecular formula is C20H18N2O3. The number of Topliss-reactive ketones (excluding diaryl/α,β-unsaturated/α-hetero) is 1. The predicted molar refractivity (Wildman–Crippen MR) is 93.2 cm³/mol. The molecule has 5 nitrogen and oxygen atoms in total. The molecule has 2 aromatic carbocycles. The Bertz CT molecular complexity index is 930. The molecule has 1 aliphatic heterocycles. The van der Waals surface area contributed by atoms with E-state index in [0.717, 1.165) is 16.8 Å². The van der Waals surface area contributed by atoms with Gasteiger partial charge in [0.15, 0.2) is 12.2 Å². The average Bonchev–Trinajstić information content (AvgIpc) is 2.96. The lowest BCUT2D eigenvalue weighted by Crippen LogP contribution is -2.36. The van der Waals surface area contributed by atoms with Gasteiger partial charge >= 0.3 is 0 Å². The number of aliphatic hydroxyl groups excluding tert-OH is 1. The highest BCUT2D eigenvalue weighted by atomic mass is 16.5. The molecule has 2 atom stereocenters. The Morgan fingerprint density at radius 2 is 1.72 bits per heavy atom. The van der Waals surface area contributed by atoms with Crippen LogP contribution in [0.5, 0.6) is 5.88 Å². The first kappa shape index (κ1) is 15.6. The minimum Gasteiger partial charge on any atom is -0.466 e. The zero-order valence-corrected chi connectivity index (χ0v) is 14.0. The molecule has 1 N–H and O–H groups in total. The highest BCUT2D eigenvalue weighted by Gasteiger charge is 2.41. The van der Waals surface area contributed by atoms with Gasteiger partial charge in [0.25, 0.3) is 0 Å². The summed E-state index contributed by atoms with van der Waals surface area (Å²) >= 11 is 0. The van der Waals surface area contributed by atoms with Gasteiger partial charge in [0.1, 0.15) is 5.56 Å². The molecule has 0 radical (unpaired) electrons. The molecule has 0 spiro atoms. The van der Waals surface area contributed by atoms with Crippen molar-refractivity contribution >= 4 is 5.78 Å². The molecule has 3 aromatic rings. The fourth-order valence-electron chi connectivity index (χ4n) is 3.12. The molecule has 0 amide bonds. The van der Waals surface area contributed by atoms with Crippen molar-refractivity contribution in [2.24, 2.45) is 0 Å². The van der Waals surface area contributed by atoms with Crippen molar-refractivity contribution in [1.29, 1.82) is 0 Å². The summed E-state index contributed by atoms with van der Waals surface area (Å²) in [5, 5.41) is 14.9. The van der Waals surface area contributed by atoms with Crippen LogP contribution in [0.2, 0.25) is 0 Å². The van der Waals surface area contributed by atoms with Gasteiger partial charge in [0.05, 0.1) is 11.4 Å². The largest absolute Gasteiger partial charge is 0.466 e. The Morgan fingerprint density at radius 1 is 1.04 bits per heavy atom. The number of fused-ring (bicyclic) bond motifs is 1. The number of hydrogen-bond donors (Lipinski definition) is 1. The van der Waals surface area contributed by atoms with Gasteiger partial charge < -0.3 is 9.84 Å². The van der Waals surface area contributed by atoms with Crippen molar-refractivity contribution in [1.82, 2.24) is 9.78 Å². The zero-order valence-electron chi connectivity index (χ0n) is 14.0. The smallest absolute Gasteiger partial charge is 0.228 e. The topological polar surface area (TPSA) is 64.4 Å². The Hall–Kier alpha value is -2.92. The number of para-hydroxylation sites is 1. The average molecular weight is 334 g/mol. The van der Waals surface area contributed by atoms with Gasteiger partial charge in [-0.25, -0.2) is 4.68 Å². The number of carbonyl (C=O) groups excluding carboxylic acids is 1. The second kappa shape index (κ2) is 5.86. The maximum atomic E-state index is 12.7. The Balaban J connectivity index is 1.83. The summed E-state index contributed by atoms with van der Waals surface area (Å²) in [5.74, 6) is 0.0241. The van der Waals surface area contributed by atoms with Crippen molar-refractivity contribution in [3.8, 4) is 11.6 Å². The number of carbonyl (C=O) groups is 1. The molecule has 4 rings (SSSR count). The number of aryl methyl sites for hydroxylation is 2. The van der Waals surface area contributed by atoms with Crippen LogP contribution in [0.1, 0.15) is 33.3 Å². The molecular weight excluding hydrogens is 316 g/mol. The van der Waals surface area contributed by atoms with E-state index in [-0.39, 0.29) is 5.78 Å². The van der Waals surface area contributed by atoms with Crippen molar-refractivity contribution in [3.05, 3.63) is 77.0 Å². The molecule has 0 fully saturated rings. The molecule has 25 heavy (non-hydrogen) atoms. The molecule has 126 valence electrons. The normalized spacial score (nSPS) is 19.4. The SMILES string of the molecule is Cc1ccc([C@@H]2Oc3c(c(C)nn3-c3ccccc3)C(=O)[C@H]2O)cc1. The molecule has 0 saturated heterocycles. The van der Waals surface area contributed by atoms with Crippen LogP contribution in [0.3, 0.4) is 0 Å². The molecule has 0 saturated carbocycles. The van der Waals surface area contributed by atoms with Crippen molar-refractivity contribution in [2.75, 3.05) is 0 Å². The van der Waals surface area contributed by atoms with Crippen LogP contribution in [-0.4, -0.2) is 26.8 Å². The Morgan fingerprint density at radius 3 is 2.40 bits per heavy atom. The monoisotopic (exact) mass is 334 g/mol. The lowest BCUT2D eigenvalue weighted by Gasteiger charge is -2.28. The third kappa shape index (κ3) is 2.53. The molecule has 2 heterocycles. The van der Waals surface area contributed by atoms with Gasteiger partial charge in [0.2, 0.25) is 11.7 Å². The molecule has 0 unspecified atom stereocenters. The van der Waals surface area contributed by atoms with Gasteiger partial charge in [-0.1, -0.05) is 48.0 Å². The summed E-state index contributed by atoms with van der Waals surface area (Å²) in [7, 11) is 0. The predicted octanol–water partition coefficient (Wildman–Crippen LogP) is 3.17. The van der Waals surface area contributed by atoms with E-state index in [1.165, 1.54) is 0 Å². The van der Waals surface area contributed by atoms with Crippen LogP contribution < -0.4 is 4.74 Å². The van der Waals surface area contributed by atoms with Gasteiger partial charge in [-0.15, -0.1) is 0 Å². The van der Waals surface area contributed by atoms with E-state index in [1.54, 1.807) is 11.6 Å². The first-order chi connectivity index (χ1) is 12.1. The van der Waals surface area contributed by atoms with E-state index < -0.39 is 12.2 Å². The third-order valence-corrected chi connectivity index (χ3v) is 4.47. The van der Waals surface area contributed by atoms with Gasteiger partial charge in [0, 0.05) is 0 Å². The fraction of sp³-hybridized carbons (Fsp3) is 0.200. The maximum Gasteiger partial charge on any atom is 0.228 e. The van der Waals surface area contributed by atoms with E-state index in [4.69, 9.17) is 4.74 Å². The van der Waals surface area contributed by atoms with Crippen LogP contribution in [0.4, 0.5) is 0 Å². The van der Waals surface area contributed by atoms with Crippen molar-refractivity contribution in [2.45, 2.75) is 26.1 Å². The third-order valence-electron chi connectivity index (χ3n) is 4.47. The van der Waals surface area contributed by atoms with E-state index >= 15 is 0 Å². The molecule has 0 aliphatic carbocycles. The lowest BCUT2D eigenvalue weighted by atomic mass is 9.94. The van der Waals surface area contributed by atoms with Crippen LogP contribution in [0, 0.1) is 13.8 Å². The quantitative estimate of drug-likeness (QED) is 0.782. The van der Waals surface area contributed by atoms with Crippen LogP contribution >= 0.6 is 0 Å². The number of hydrogen-bond acceptors (Lipinski definition) is 4. The highest BCUT2D eigenvalue weighted by Crippen LogP contribution is 2.38. The summed E-state index contributed by atoms with van der Waals surface area (Å²) in [6, 6.07) is 17.1. The van der Waals surface area contributed by atoms with Gasteiger partial charge in [-0.3, -0.25) is 4.79 Å². The second-order valence-electron chi connectivity index (χ2n) is 6.27. The number of aromatic nitrogens is 2. The highest BCUT2D eigenvalue weighted by molar-refractivity contribution is 6.03. The number of ether oxygens (including phenoxy) is 1.